The Morgan fingerprint density at radius 1 is 0.980 bits per heavy atom. The maximum Gasteiger partial charge on any atom is 0.433 e. The molecule has 0 bridgehead atoms. The first kappa shape index (κ1) is 32.4. The number of hydrogen-bond donors (Lipinski definition) is 3. The standard InChI is InChI=1S/C35H31N7O7/c1-35(2)32(41(46)33(44)37-28-17-7-12-23-10-3-5-15-26(23)28)40(29-18-8-13-24-11-4-6-16-27(24)29)34(45)39(35)22-30(43)38-36-21-9-14-25-19-20-31(49-25)42(47)48/h3-21,32,46H,22H2,1-2H3,(H,37,44)(H,38,43)/b14-9+,36-21+. The predicted molar refractivity (Wildman–Crippen MR) is 184 cm³/mol. The molecule has 248 valence electrons. The smallest absolute Gasteiger partial charge is 0.401 e. The van der Waals surface area contributed by atoms with Crippen molar-refractivity contribution in [1.29, 1.82) is 0 Å². The summed E-state index contributed by atoms with van der Waals surface area (Å²) in [6.45, 7) is 2.84. The van der Waals surface area contributed by atoms with Crippen LogP contribution in [0.5, 0.6) is 0 Å². The molecule has 1 aliphatic rings. The van der Waals surface area contributed by atoms with Gasteiger partial charge in [0.2, 0.25) is 0 Å². The normalized spacial score (nSPS) is 15.8. The number of rotatable bonds is 9. The molecule has 1 saturated heterocycles. The summed E-state index contributed by atoms with van der Waals surface area (Å²) in [5, 5.41) is 32.7. The van der Waals surface area contributed by atoms with Gasteiger partial charge >= 0.3 is 17.9 Å². The minimum absolute atomic E-state index is 0.214. The van der Waals surface area contributed by atoms with E-state index in [4.69, 9.17) is 4.42 Å². The maximum atomic E-state index is 14.2. The Kier molecular flexibility index (Phi) is 8.79. The number of anilines is 2. The molecule has 14 nitrogen and oxygen atoms in total. The molecule has 6 rings (SSSR count). The summed E-state index contributed by atoms with van der Waals surface area (Å²) in [5.41, 5.74) is 1.94. The molecule has 2 heterocycles. The fourth-order valence-corrected chi connectivity index (χ4v) is 5.89. The van der Waals surface area contributed by atoms with Gasteiger partial charge in [-0.25, -0.2) is 15.0 Å². The van der Waals surface area contributed by atoms with Crippen LogP contribution in [0.2, 0.25) is 0 Å². The fourth-order valence-electron chi connectivity index (χ4n) is 5.89. The quantitative estimate of drug-likeness (QED) is 0.0692. The summed E-state index contributed by atoms with van der Waals surface area (Å²) >= 11 is 0. The van der Waals surface area contributed by atoms with Crippen LogP contribution in [-0.4, -0.2) is 62.5 Å². The molecule has 1 fully saturated rings. The van der Waals surface area contributed by atoms with Gasteiger partial charge in [-0.15, -0.1) is 0 Å². The maximum absolute atomic E-state index is 14.2. The Balaban J connectivity index is 1.26. The van der Waals surface area contributed by atoms with Crippen LogP contribution >= 0.6 is 0 Å². The van der Waals surface area contributed by atoms with Crippen molar-refractivity contribution >= 4 is 69.1 Å². The van der Waals surface area contributed by atoms with Gasteiger partial charge in [0.1, 0.15) is 17.2 Å². The van der Waals surface area contributed by atoms with Gasteiger partial charge in [-0.2, -0.15) is 10.2 Å². The Morgan fingerprint density at radius 2 is 1.63 bits per heavy atom. The van der Waals surface area contributed by atoms with Gasteiger partial charge in [0.25, 0.3) is 5.91 Å². The van der Waals surface area contributed by atoms with Crippen molar-refractivity contribution in [3.8, 4) is 0 Å². The number of carbonyl (C=O) groups is 3. The van der Waals surface area contributed by atoms with Gasteiger partial charge < -0.3 is 14.6 Å². The van der Waals surface area contributed by atoms with E-state index in [2.05, 4.69) is 15.8 Å². The molecule has 49 heavy (non-hydrogen) atoms. The zero-order valence-electron chi connectivity index (χ0n) is 26.4. The largest absolute Gasteiger partial charge is 0.433 e. The highest BCUT2D eigenvalue weighted by molar-refractivity contribution is 6.07. The molecule has 4 aromatic carbocycles. The number of hydroxylamine groups is 2. The van der Waals surface area contributed by atoms with E-state index < -0.39 is 47.0 Å². The molecule has 1 atom stereocenters. The molecule has 5 aromatic rings. The van der Waals surface area contributed by atoms with E-state index in [0.717, 1.165) is 16.2 Å². The molecule has 14 heteroatoms. The van der Waals surface area contributed by atoms with E-state index in [1.54, 1.807) is 38.1 Å². The number of allylic oxidation sites excluding steroid dienone is 1. The Labute approximate surface area is 279 Å². The minimum Gasteiger partial charge on any atom is -0.401 e. The van der Waals surface area contributed by atoms with Crippen LogP contribution in [0.25, 0.3) is 27.6 Å². The third-order valence-corrected chi connectivity index (χ3v) is 8.21. The zero-order chi connectivity index (χ0) is 34.7. The first-order chi connectivity index (χ1) is 23.6. The second kappa shape index (κ2) is 13.3. The van der Waals surface area contributed by atoms with Gasteiger partial charge in [0.05, 0.1) is 23.0 Å². The number of benzene rings is 4. The van der Waals surface area contributed by atoms with E-state index in [1.807, 2.05) is 60.7 Å². The van der Waals surface area contributed by atoms with Crippen molar-refractivity contribution in [2.45, 2.75) is 25.6 Å². The number of amides is 5. The van der Waals surface area contributed by atoms with Crippen molar-refractivity contribution < 1.29 is 28.9 Å². The van der Waals surface area contributed by atoms with E-state index in [9.17, 15) is 29.7 Å². The fraction of sp³-hybridized carbons (Fsp3) is 0.143. The second-order valence-corrected chi connectivity index (χ2v) is 11.7. The first-order valence-electron chi connectivity index (χ1n) is 15.1. The summed E-state index contributed by atoms with van der Waals surface area (Å²) in [6.07, 6.45) is 2.78. The highest BCUT2D eigenvalue weighted by Crippen LogP contribution is 2.40. The van der Waals surface area contributed by atoms with Crippen LogP contribution in [0.15, 0.2) is 113 Å². The van der Waals surface area contributed by atoms with E-state index in [0.29, 0.717) is 21.8 Å². The number of hydrogen-bond acceptors (Lipinski definition) is 8. The molecule has 5 amide bonds. The average molecular weight is 662 g/mol. The lowest BCUT2D eigenvalue weighted by molar-refractivity contribution is -0.402. The third kappa shape index (κ3) is 6.40. The molecule has 1 aliphatic heterocycles. The topological polar surface area (TPSA) is 174 Å². The lowest BCUT2D eigenvalue weighted by Gasteiger charge is -2.38. The van der Waals surface area contributed by atoms with Crippen LogP contribution in [0, 0.1) is 10.1 Å². The zero-order valence-corrected chi connectivity index (χ0v) is 26.4. The van der Waals surface area contributed by atoms with Crippen molar-refractivity contribution in [2.75, 3.05) is 16.8 Å². The highest BCUT2D eigenvalue weighted by atomic mass is 16.6. The van der Waals surface area contributed by atoms with Crippen molar-refractivity contribution in [1.82, 2.24) is 15.4 Å². The summed E-state index contributed by atoms with van der Waals surface area (Å²) in [5.74, 6) is -0.847. The number of nitro groups is 1. The highest BCUT2D eigenvalue weighted by Gasteiger charge is 2.56. The summed E-state index contributed by atoms with van der Waals surface area (Å²) in [7, 11) is 0. The lowest BCUT2D eigenvalue weighted by atomic mass is 9.99. The molecule has 0 aliphatic carbocycles. The van der Waals surface area contributed by atoms with E-state index in [-0.39, 0.29) is 5.76 Å². The predicted octanol–water partition coefficient (Wildman–Crippen LogP) is 6.58. The van der Waals surface area contributed by atoms with Crippen LogP contribution in [0.3, 0.4) is 0 Å². The third-order valence-electron chi connectivity index (χ3n) is 8.21. The minimum atomic E-state index is -1.31. The van der Waals surface area contributed by atoms with Gasteiger partial charge in [0, 0.05) is 17.0 Å². The number of nitrogens with zero attached hydrogens (tertiary/aromatic N) is 5. The van der Waals surface area contributed by atoms with E-state index in [1.165, 1.54) is 40.3 Å². The lowest BCUT2D eigenvalue weighted by Crippen LogP contribution is -2.58. The Hall–Kier alpha value is -6.54. The number of hydrazone groups is 1. The van der Waals surface area contributed by atoms with Crippen LogP contribution < -0.4 is 15.6 Å². The summed E-state index contributed by atoms with van der Waals surface area (Å²) < 4.78 is 5.03. The molecule has 1 aromatic heterocycles. The van der Waals surface area contributed by atoms with Gasteiger partial charge in [-0.3, -0.25) is 25.0 Å². The monoisotopic (exact) mass is 661 g/mol. The number of carbonyl (C=O) groups excluding carboxylic acids is 3. The van der Waals surface area contributed by atoms with Crippen LogP contribution in [0.4, 0.5) is 26.8 Å². The Bertz CT molecular complexity index is 2130. The van der Waals surface area contributed by atoms with Crippen molar-refractivity contribution in [3.05, 3.63) is 119 Å². The number of nitrogens with one attached hydrogen (secondary N) is 2. The average Bonchev–Trinajstić information content (AvgIpc) is 3.65. The molecule has 0 radical (unpaired) electrons. The van der Waals surface area contributed by atoms with Crippen molar-refractivity contribution in [2.24, 2.45) is 5.10 Å². The second-order valence-electron chi connectivity index (χ2n) is 11.7. The molecule has 0 spiro atoms. The SMILES string of the molecule is CC1(C)C(N(O)C(=O)Nc2cccc3ccccc23)N(c2cccc3ccccc23)C(=O)N1CC(=O)N/N=C/C=C/c1ccc([N+](=O)[O-])o1. The molecule has 3 N–H and O–H groups in total. The van der Waals surface area contributed by atoms with Gasteiger partial charge in [-0.1, -0.05) is 72.8 Å². The van der Waals surface area contributed by atoms with Crippen molar-refractivity contribution in [3.63, 3.8) is 0 Å². The number of fused-ring (bicyclic) bond motifs is 2. The summed E-state index contributed by atoms with van der Waals surface area (Å²) in [4.78, 5) is 53.7. The summed E-state index contributed by atoms with van der Waals surface area (Å²) in [6, 6.07) is 26.8. The molecular weight excluding hydrogens is 630 g/mol. The van der Waals surface area contributed by atoms with Gasteiger partial charge in [0.15, 0.2) is 6.17 Å². The van der Waals surface area contributed by atoms with E-state index >= 15 is 0 Å². The van der Waals surface area contributed by atoms with Gasteiger partial charge in [-0.05, 0) is 55.0 Å². The van der Waals surface area contributed by atoms with Crippen LogP contribution in [0.1, 0.15) is 19.6 Å². The Morgan fingerprint density at radius 3 is 2.35 bits per heavy atom. The molecule has 0 saturated carbocycles. The molecule has 1 unspecified atom stereocenters. The molecular formula is C35H31N7O7. The first-order valence-corrected chi connectivity index (χ1v) is 15.1. The van der Waals surface area contributed by atoms with Crippen LogP contribution in [-0.2, 0) is 4.79 Å². The number of urea groups is 2. The number of furan rings is 1.